The van der Waals surface area contributed by atoms with Gasteiger partial charge in [0.25, 0.3) is 5.91 Å². The molecule has 1 amide bonds. The van der Waals surface area contributed by atoms with Gasteiger partial charge >= 0.3 is 0 Å². The molecular formula is C20H18ClN5O. The molecule has 4 rings (SSSR count). The zero-order chi connectivity index (χ0) is 18.8. The molecule has 0 aliphatic carbocycles. The molecule has 0 bridgehead atoms. The van der Waals surface area contributed by atoms with E-state index in [1.807, 2.05) is 36.5 Å². The quantitative estimate of drug-likeness (QED) is 0.762. The molecule has 0 saturated carbocycles. The molecule has 0 aromatic heterocycles. The van der Waals surface area contributed by atoms with E-state index in [2.05, 4.69) is 15.7 Å². The summed E-state index contributed by atoms with van der Waals surface area (Å²) in [5, 5.41) is 5.27. The van der Waals surface area contributed by atoms with Gasteiger partial charge in [0, 0.05) is 36.1 Å². The number of anilines is 1. The number of fused-ring (bicyclic) bond motifs is 1. The zero-order valence-electron chi connectivity index (χ0n) is 14.4. The van der Waals surface area contributed by atoms with Gasteiger partial charge in [0.15, 0.2) is 5.82 Å². The number of rotatable bonds is 4. The number of aliphatic imine (C=N–C) groups is 1. The van der Waals surface area contributed by atoms with Crippen molar-refractivity contribution in [3.63, 3.8) is 0 Å². The second-order valence-electron chi connectivity index (χ2n) is 6.17. The van der Waals surface area contributed by atoms with E-state index < -0.39 is 0 Å². The number of hydrazine groups is 1. The highest BCUT2D eigenvalue weighted by Crippen LogP contribution is 2.32. The zero-order valence-corrected chi connectivity index (χ0v) is 15.2. The fraction of sp³-hybridized carbons (Fsp3) is 0.100. The Morgan fingerprint density at radius 1 is 1.26 bits per heavy atom. The molecule has 0 unspecified atom stereocenters. The number of nitrogens with zero attached hydrogens (tertiary/aromatic N) is 2. The lowest BCUT2D eigenvalue weighted by molar-refractivity contribution is -0.112. The van der Waals surface area contributed by atoms with E-state index in [0.29, 0.717) is 35.2 Å². The summed E-state index contributed by atoms with van der Waals surface area (Å²) in [6, 6.07) is 13.4. The van der Waals surface area contributed by atoms with E-state index in [-0.39, 0.29) is 5.91 Å². The summed E-state index contributed by atoms with van der Waals surface area (Å²) in [6.45, 7) is 0.893. The summed E-state index contributed by atoms with van der Waals surface area (Å²) >= 11 is 6.17. The lowest BCUT2D eigenvalue weighted by atomic mass is 10.0. The standard InChI is InChI=1S/C20H18ClN5O/c21-15-6-7-16(14-4-2-13(11-22)3-5-14)18(10-15)25-20(27)17-12-24-26-9-1-8-23-19(17)26/h1-10,24H,11-12,22H2,(H,25,27). The van der Waals surface area contributed by atoms with Crippen LogP contribution in [0.25, 0.3) is 11.1 Å². The molecule has 4 N–H and O–H groups in total. The van der Waals surface area contributed by atoms with Gasteiger partial charge in [-0.25, -0.2) is 10.4 Å². The minimum atomic E-state index is -0.213. The van der Waals surface area contributed by atoms with Crippen LogP contribution >= 0.6 is 11.6 Å². The molecule has 0 radical (unpaired) electrons. The number of hydrogen-bond donors (Lipinski definition) is 3. The molecule has 2 aliphatic heterocycles. The van der Waals surface area contributed by atoms with E-state index >= 15 is 0 Å². The first kappa shape index (κ1) is 17.5. The fourth-order valence-corrected chi connectivity index (χ4v) is 3.21. The number of nitrogens with two attached hydrogens (primary N) is 1. The molecule has 27 heavy (non-hydrogen) atoms. The molecule has 0 fully saturated rings. The molecule has 0 saturated heterocycles. The van der Waals surface area contributed by atoms with E-state index in [4.69, 9.17) is 17.3 Å². The number of benzene rings is 2. The van der Waals surface area contributed by atoms with Crippen LogP contribution in [-0.2, 0) is 11.3 Å². The van der Waals surface area contributed by atoms with Crippen LogP contribution in [0.2, 0.25) is 5.02 Å². The summed E-state index contributed by atoms with van der Waals surface area (Å²) in [6.07, 6.45) is 5.29. The van der Waals surface area contributed by atoms with Gasteiger partial charge in [-0.05, 0) is 29.3 Å². The monoisotopic (exact) mass is 379 g/mol. The average molecular weight is 380 g/mol. The summed E-state index contributed by atoms with van der Waals surface area (Å²) in [5.74, 6) is 0.389. The highest BCUT2D eigenvalue weighted by molar-refractivity contribution is 6.31. The van der Waals surface area contributed by atoms with Crippen molar-refractivity contribution in [1.82, 2.24) is 10.4 Å². The topological polar surface area (TPSA) is 82.7 Å². The molecule has 136 valence electrons. The molecule has 2 aromatic rings. The minimum Gasteiger partial charge on any atom is -0.326 e. The van der Waals surface area contributed by atoms with Crippen LogP contribution in [0.5, 0.6) is 0 Å². The van der Waals surface area contributed by atoms with Crippen LogP contribution in [0.1, 0.15) is 5.56 Å². The Morgan fingerprint density at radius 2 is 2.07 bits per heavy atom. The summed E-state index contributed by atoms with van der Waals surface area (Å²) < 4.78 is 0. The van der Waals surface area contributed by atoms with Gasteiger partial charge in [-0.2, -0.15) is 0 Å². The highest BCUT2D eigenvalue weighted by Gasteiger charge is 2.27. The van der Waals surface area contributed by atoms with Crippen LogP contribution < -0.4 is 16.5 Å². The van der Waals surface area contributed by atoms with Gasteiger partial charge in [-0.1, -0.05) is 41.9 Å². The average Bonchev–Trinajstić information content (AvgIpc) is 3.13. The Bertz CT molecular complexity index is 978. The van der Waals surface area contributed by atoms with Crippen molar-refractivity contribution in [3.8, 4) is 11.1 Å². The molecule has 2 heterocycles. The van der Waals surface area contributed by atoms with Gasteiger partial charge in [0.1, 0.15) is 0 Å². The third-order valence-corrected chi connectivity index (χ3v) is 4.68. The first-order valence-electron chi connectivity index (χ1n) is 8.53. The van der Waals surface area contributed by atoms with Crippen LogP contribution in [0.15, 0.2) is 71.1 Å². The van der Waals surface area contributed by atoms with Crippen molar-refractivity contribution in [2.45, 2.75) is 6.54 Å². The summed E-state index contributed by atoms with van der Waals surface area (Å²) in [5.41, 5.74) is 12.9. The maximum atomic E-state index is 12.9. The van der Waals surface area contributed by atoms with Crippen molar-refractivity contribution in [3.05, 3.63) is 76.7 Å². The smallest absolute Gasteiger partial charge is 0.256 e. The van der Waals surface area contributed by atoms with E-state index in [1.165, 1.54) is 0 Å². The largest absolute Gasteiger partial charge is 0.326 e. The number of carbonyl (C=O) groups is 1. The number of halogens is 1. The molecule has 6 nitrogen and oxygen atoms in total. The van der Waals surface area contributed by atoms with Crippen molar-refractivity contribution < 1.29 is 4.79 Å². The maximum Gasteiger partial charge on any atom is 0.256 e. The Hall–Kier alpha value is -2.93. The van der Waals surface area contributed by atoms with Crippen molar-refractivity contribution in [1.29, 1.82) is 0 Å². The second-order valence-corrected chi connectivity index (χ2v) is 6.61. The van der Waals surface area contributed by atoms with Gasteiger partial charge in [0.05, 0.1) is 11.3 Å². The third-order valence-electron chi connectivity index (χ3n) is 4.45. The van der Waals surface area contributed by atoms with E-state index in [9.17, 15) is 4.79 Å². The lowest BCUT2D eigenvalue weighted by Crippen LogP contribution is -2.27. The number of carbonyl (C=O) groups excluding carboxylic acids is 1. The Labute approximate surface area is 162 Å². The SMILES string of the molecule is NCc1ccc(-c2ccc(Cl)cc2NC(=O)C2=C3N=CC=CN3NC2)cc1. The molecule has 0 atom stereocenters. The number of allylic oxidation sites excluding steroid dienone is 1. The van der Waals surface area contributed by atoms with Crippen LogP contribution in [0, 0.1) is 0 Å². The predicted molar refractivity (Wildman–Crippen MR) is 108 cm³/mol. The van der Waals surface area contributed by atoms with Gasteiger partial charge in [-0.15, -0.1) is 0 Å². The molecular weight excluding hydrogens is 362 g/mol. The van der Waals surface area contributed by atoms with Crippen molar-refractivity contribution in [2.75, 3.05) is 11.9 Å². The van der Waals surface area contributed by atoms with E-state index in [0.717, 1.165) is 16.7 Å². The normalized spacial score (nSPS) is 15.3. The summed E-state index contributed by atoms with van der Waals surface area (Å²) in [4.78, 5) is 17.2. The van der Waals surface area contributed by atoms with Gasteiger partial charge in [0.2, 0.25) is 0 Å². The first-order valence-corrected chi connectivity index (χ1v) is 8.90. The number of nitrogens with one attached hydrogen (secondary N) is 2. The van der Waals surface area contributed by atoms with Gasteiger partial charge < -0.3 is 11.1 Å². The Morgan fingerprint density at radius 3 is 2.85 bits per heavy atom. The van der Waals surface area contributed by atoms with E-state index in [1.54, 1.807) is 29.4 Å². The molecule has 0 spiro atoms. The summed E-state index contributed by atoms with van der Waals surface area (Å²) in [7, 11) is 0. The van der Waals surface area contributed by atoms with Crippen LogP contribution in [-0.4, -0.2) is 23.7 Å². The minimum absolute atomic E-state index is 0.213. The lowest BCUT2D eigenvalue weighted by Gasteiger charge is -2.16. The highest BCUT2D eigenvalue weighted by atomic mass is 35.5. The Kier molecular flexibility index (Phi) is 4.77. The molecule has 2 aliphatic rings. The van der Waals surface area contributed by atoms with Crippen LogP contribution in [0.3, 0.4) is 0 Å². The number of hydrogen-bond acceptors (Lipinski definition) is 5. The molecule has 2 aromatic carbocycles. The predicted octanol–water partition coefficient (Wildman–Crippen LogP) is 3.03. The van der Waals surface area contributed by atoms with Gasteiger partial charge in [-0.3, -0.25) is 9.80 Å². The fourth-order valence-electron chi connectivity index (χ4n) is 3.04. The maximum absolute atomic E-state index is 12.9. The number of amides is 1. The first-order chi connectivity index (χ1) is 13.2. The van der Waals surface area contributed by atoms with Crippen LogP contribution in [0.4, 0.5) is 5.69 Å². The second kappa shape index (κ2) is 7.36. The third kappa shape index (κ3) is 3.50. The Balaban J connectivity index is 1.65. The molecule has 7 heteroatoms. The van der Waals surface area contributed by atoms with Crippen molar-refractivity contribution in [2.24, 2.45) is 10.7 Å². The van der Waals surface area contributed by atoms with Crippen molar-refractivity contribution >= 4 is 29.4 Å².